The number of rotatable bonds is 3. The summed E-state index contributed by atoms with van der Waals surface area (Å²) in [4.78, 5) is 25.0. The maximum atomic E-state index is 11.9. The number of hydrogen-bond donors (Lipinski definition) is 1. The predicted molar refractivity (Wildman–Crippen MR) is 73.2 cm³/mol. The molecule has 1 aliphatic rings. The number of piperidine rings is 1. The number of likely N-dealkylation sites (tertiary alicyclic amines) is 1. The Morgan fingerprint density at radius 1 is 1.30 bits per heavy atom. The molecule has 0 bridgehead atoms. The number of nitrogens with zero attached hydrogens (tertiary/aromatic N) is 1. The average Bonchev–Trinajstić information content (AvgIpc) is 2.36. The lowest BCUT2D eigenvalue weighted by atomic mass is 9.91. The highest BCUT2D eigenvalue weighted by atomic mass is 16.6. The average molecular weight is 287 g/mol. The SMILES string of the molecule is CCOC(=O)[C@@H](O)C1CCN(C(=O)OC(C)(C)C)CC1. The smallest absolute Gasteiger partial charge is 0.410 e. The summed E-state index contributed by atoms with van der Waals surface area (Å²) in [5.41, 5.74) is -0.515. The van der Waals surface area contributed by atoms with Gasteiger partial charge in [-0.2, -0.15) is 0 Å². The molecule has 1 atom stereocenters. The topological polar surface area (TPSA) is 76.1 Å². The zero-order valence-electron chi connectivity index (χ0n) is 12.7. The van der Waals surface area contributed by atoms with Crippen LogP contribution in [0.25, 0.3) is 0 Å². The van der Waals surface area contributed by atoms with Crippen molar-refractivity contribution in [2.24, 2.45) is 5.92 Å². The molecule has 1 aliphatic heterocycles. The maximum absolute atomic E-state index is 11.9. The third kappa shape index (κ3) is 5.00. The van der Waals surface area contributed by atoms with Crippen LogP contribution in [0.1, 0.15) is 40.5 Å². The second kappa shape index (κ2) is 6.92. The minimum absolute atomic E-state index is 0.160. The predicted octanol–water partition coefficient (Wildman–Crippen LogP) is 1.56. The van der Waals surface area contributed by atoms with E-state index in [9.17, 15) is 14.7 Å². The van der Waals surface area contributed by atoms with Crippen LogP contribution in [0.5, 0.6) is 0 Å². The van der Waals surface area contributed by atoms with Crippen LogP contribution in [0.2, 0.25) is 0 Å². The zero-order chi connectivity index (χ0) is 15.3. The molecule has 6 nitrogen and oxygen atoms in total. The molecule has 1 saturated heterocycles. The van der Waals surface area contributed by atoms with Gasteiger partial charge in [0.05, 0.1) is 6.61 Å². The van der Waals surface area contributed by atoms with Crippen LogP contribution in [-0.4, -0.2) is 53.5 Å². The molecule has 0 unspecified atom stereocenters. The molecule has 0 saturated carbocycles. The lowest BCUT2D eigenvalue weighted by molar-refractivity contribution is -0.157. The highest BCUT2D eigenvalue weighted by Gasteiger charge is 2.33. The second-order valence-corrected chi connectivity index (χ2v) is 6.00. The normalized spacial score (nSPS) is 18.6. The summed E-state index contributed by atoms with van der Waals surface area (Å²) in [5, 5.41) is 9.88. The van der Waals surface area contributed by atoms with Gasteiger partial charge in [-0.3, -0.25) is 0 Å². The lowest BCUT2D eigenvalue weighted by Gasteiger charge is -2.34. The summed E-state index contributed by atoms with van der Waals surface area (Å²) in [7, 11) is 0. The number of hydrogen-bond acceptors (Lipinski definition) is 5. The second-order valence-electron chi connectivity index (χ2n) is 6.00. The summed E-state index contributed by atoms with van der Waals surface area (Å²) < 4.78 is 10.1. The number of aliphatic hydroxyl groups is 1. The Balaban J connectivity index is 2.43. The molecule has 0 aliphatic carbocycles. The molecule has 0 aromatic heterocycles. The first-order valence-electron chi connectivity index (χ1n) is 7.07. The number of carbonyl (C=O) groups excluding carboxylic acids is 2. The third-order valence-electron chi connectivity index (χ3n) is 3.17. The molecule has 0 aromatic carbocycles. The molecular weight excluding hydrogens is 262 g/mol. The van der Waals surface area contributed by atoms with Crippen molar-refractivity contribution in [2.75, 3.05) is 19.7 Å². The number of esters is 1. The first-order valence-corrected chi connectivity index (χ1v) is 7.07. The Morgan fingerprint density at radius 3 is 2.30 bits per heavy atom. The number of carbonyl (C=O) groups is 2. The van der Waals surface area contributed by atoms with Crippen molar-refractivity contribution in [2.45, 2.75) is 52.2 Å². The van der Waals surface area contributed by atoms with Gasteiger partial charge in [0.2, 0.25) is 0 Å². The van der Waals surface area contributed by atoms with Crippen molar-refractivity contribution in [3.8, 4) is 0 Å². The number of ether oxygens (including phenoxy) is 2. The van der Waals surface area contributed by atoms with Gasteiger partial charge in [0, 0.05) is 13.1 Å². The van der Waals surface area contributed by atoms with E-state index in [0.717, 1.165) is 0 Å². The quantitative estimate of drug-likeness (QED) is 0.797. The van der Waals surface area contributed by atoms with Gasteiger partial charge in [0.25, 0.3) is 0 Å². The highest BCUT2D eigenvalue weighted by molar-refractivity contribution is 5.74. The van der Waals surface area contributed by atoms with E-state index in [1.54, 1.807) is 11.8 Å². The van der Waals surface area contributed by atoms with Gasteiger partial charge in [-0.1, -0.05) is 0 Å². The van der Waals surface area contributed by atoms with Crippen LogP contribution in [0.3, 0.4) is 0 Å². The van der Waals surface area contributed by atoms with Gasteiger partial charge in [0.1, 0.15) is 5.60 Å². The van der Waals surface area contributed by atoms with Crippen molar-refractivity contribution in [3.05, 3.63) is 0 Å². The van der Waals surface area contributed by atoms with Gasteiger partial charge >= 0.3 is 12.1 Å². The molecule has 1 fully saturated rings. The van der Waals surface area contributed by atoms with Crippen molar-refractivity contribution in [3.63, 3.8) is 0 Å². The Kier molecular flexibility index (Phi) is 5.80. The van der Waals surface area contributed by atoms with E-state index >= 15 is 0 Å². The van der Waals surface area contributed by atoms with Crippen LogP contribution in [0.15, 0.2) is 0 Å². The fraction of sp³-hybridized carbons (Fsp3) is 0.857. The number of amides is 1. The van der Waals surface area contributed by atoms with E-state index in [-0.39, 0.29) is 18.6 Å². The molecule has 0 aromatic rings. The minimum atomic E-state index is -1.10. The van der Waals surface area contributed by atoms with Crippen LogP contribution in [0, 0.1) is 5.92 Å². The first kappa shape index (κ1) is 16.8. The minimum Gasteiger partial charge on any atom is -0.464 e. The van der Waals surface area contributed by atoms with E-state index in [4.69, 9.17) is 9.47 Å². The summed E-state index contributed by atoms with van der Waals surface area (Å²) in [6.07, 6.45) is -0.310. The van der Waals surface area contributed by atoms with Crippen molar-refractivity contribution >= 4 is 12.1 Å². The summed E-state index contributed by atoms with van der Waals surface area (Å²) in [5.74, 6) is -0.740. The number of aliphatic hydroxyl groups excluding tert-OH is 1. The van der Waals surface area contributed by atoms with Crippen LogP contribution in [0.4, 0.5) is 4.79 Å². The van der Waals surface area contributed by atoms with Gasteiger partial charge in [-0.25, -0.2) is 9.59 Å². The summed E-state index contributed by atoms with van der Waals surface area (Å²) >= 11 is 0. The lowest BCUT2D eigenvalue weighted by Crippen LogP contribution is -2.45. The summed E-state index contributed by atoms with van der Waals surface area (Å²) in [6, 6.07) is 0. The zero-order valence-corrected chi connectivity index (χ0v) is 12.7. The van der Waals surface area contributed by atoms with E-state index in [1.807, 2.05) is 20.8 Å². The van der Waals surface area contributed by atoms with E-state index in [1.165, 1.54) is 0 Å². The molecule has 20 heavy (non-hydrogen) atoms. The molecule has 1 heterocycles. The molecule has 6 heteroatoms. The van der Waals surface area contributed by atoms with Crippen molar-refractivity contribution in [1.29, 1.82) is 0 Å². The molecular formula is C14H25NO5. The Labute approximate surface area is 120 Å². The largest absolute Gasteiger partial charge is 0.464 e. The Morgan fingerprint density at radius 2 is 1.85 bits per heavy atom. The molecule has 0 radical (unpaired) electrons. The van der Waals surface area contributed by atoms with E-state index < -0.39 is 17.7 Å². The molecule has 1 N–H and O–H groups in total. The molecule has 1 amide bonds. The molecule has 116 valence electrons. The van der Waals surface area contributed by atoms with Crippen LogP contribution >= 0.6 is 0 Å². The Hall–Kier alpha value is -1.30. The first-order chi connectivity index (χ1) is 9.24. The van der Waals surface area contributed by atoms with Crippen LogP contribution in [-0.2, 0) is 14.3 Å². The molecule has 0 spiro atoms. The van der Waals surface area contributed by atoms with Crippen molar-refractivity contribution in [1.82, 2.24) is 4.90 Å². The fourth-order valence-corrected chi connectivity index (χ4v) is 2.14. The summed E-state index contributed by atoms with van der Waals surface area (Å²) in [6.45, 7) is 8.39. The fourth-order valence-electron chi connectivity index (χ4n) is 2.14. The standard InChI is InChI=1S/C14H25NO5/c1-5-19-12(17)11(16)10-6-8-15(9-7-10)13(18)20-14(2,3)4/h10-11,16H,5-9H2,1-4H3/t11-/m0/s1. The van der Waals surface area contributed by atoms with E-state index in [0.29, 0.717) is 25.9 Å². The third-order valence-corrected chi connectivity index (χ3v) is 3.17. The van der Waals surface area contributed by atoms with E-state index in [2.05, 4.69) is 0 Å². The molecule has 1 rings (SSSR count). The van der Waals surface area contributed by atoms with Crippen LogP contribution < -0.4 is 0 Å². The Bertz CT molecular complexity index is 342. The van der Waals surface area contributed by atoms with Gasteiger partial charge in [0.15, 0.2) is 6.10 Å². The maximum Gasteiger partial charge on any atom is 0.410 e. The van der Waals surface area contributed by atoms with Crippen molar-refractivity contribution < 1.29 is 24.2 Å². The van der Waals surface area contributed by atoms with Gasteiger partial charge in [-0.05, 0) is 46.5 Å². The van der Waals surface area contributed by atoms with Gasteiger partial charge < -0.3 is 19.5 Å². The van der Waals surface area contributed by atoms with Gasteiger partial charge in [-0.15, -0.1) is 0 Å². The highest BCUT2D eigenvalue weighted by Crippen LogP contribution is 2.23. The monoisotopic (exact) mass is 287 g/mol.